The molecule has 0 unspecified atom stereocenters. The summed E-state index contributed by atoms with van der Waals surface area (Å²) in [6, 6.07) is 12.1. The van der Waals surface area contributed by atoms with Gasteiger partial charge in [0.15, 0.2) is 0 Å². The largest absolute Gasteiger partial charge is 0.491 e. The van der Waals surface area contributed by atoms with E-state index in [2.05, 4.69) is 10.4 Å². The van der Waals surface area contributed by atoms with Crippen LogP contribution in [0.3, 0.4) is 0 Å². The van der Waals surface area contributed by atoms with Crippen LogP contribution < -0.4 is 20.5 Å². The number of amides is 1. The molecule has 0 atom stereocenters. The number of nitrogens with two attached hydrogens (primary N) is 1. The fourth-order valence-electron chi connectivity index (χ4n) is 3.86. The number of benzene rings is 2. The molecule has 1 fully saturated rings. The van der Waals surface area contributed by atoms with E-state index >= 15 is 0 Å². The summed E-state index contributed by atoms with van der Waals surface area (Å²) in [7, 11) is 0. The molecule has 0 saturated carbocycles. The lowest BCUT2D eigenvalue weighted by Gasteiger charge is -2.30. The van der Waals surface area contributed by atoms with Gasteiger partial charge in [-0.2, -0.15) is 5.10 Å². The number of rotatable bonds is 12. The van der Waals surface area contributed by atoms with E-state index in [0.717, 1.165) is 31.7 Å². The Morgan fingerprint density at radius 1 is 1.16 bits per heavy atom. The molecular weight excluding hydrogens is 486 g/mol. The van der Waals surface area contributed by atoms with Gasteiger partial charge >= 0.3 is 5.97 Å². The maximum absolute atomic E-state index is 12.6. The van der Waals surface area contributed by atoms with Gasteiger partial charge in [0.05, 0.1) is 13.2 Å². The van der Waals surface area contributed by atoms with E-state index in [0.29, 0.717) is 22.4 Å². The van der Waals surface area contributed by atoms with Crippen molar-refractivity contribution in [3.8, 4) is 11.5 Å². The Hall–Kier alpha value is -4.34. The van der Waals surface area contributed by atoms with Gasteiger partial charge < -0.3 is 25.3 Å². The molecule has 1 aliphatic heterocycles. The zero-order valence-electron chi connectivity index (χ0n) is 21.8. The maximum Gasteiger partial charge on any atom is 0.330 e. The standard InChI is InChI=1S/C28H35N5O5/c1-3-32-33-16-13-24(14-17-33)38-23-10-7-21(8-11-23)28(35)31-15-18-37-25-19-22(27(29)30)6-5-20(25)9-12-26(34)36-4-2/h3,5-12,19,24H,4,13-18H2,1-2H3,(H3,29,30)(H,31,35)/b12-9+,32-3+. The zero-order chi connectivity index (χ0) is 27.3. The molecule has 202 valence electrons. The number of hydrazone groups is 1. The van der Waals surface area contributed by atoms with Gasteiger partial charge in [-0.15, -0.1) is 0 Å². The van der Waals surface area contributed by atoms with E-state index in [9.17, 15) is 9.59 Å². The highest BCUT2D eigenvalue weighted by Gasteiger charge is 2.19. The molecule has 0 spiro atoms. The fourth-order valence-corrected chi connectivity index (χ4v) is 3.86. The molecule has 0 aliphatic carbocycles. The molecule has 0 radical (unpaired) electrons. The minimum Gasteiger partial charge on any atom is -0.491 e. The van der Waals surface area contributed by atoms with E-state index in [1.807, 2.05) is 11.9 Å². The summed E-state index contributed by atoms with van der Waals surface area (Å²) in [6.07, 6.45) is 6.60. The number of hydrogen-bond donors (Lipinski definition) is 3. The summed E-state index contributed by atoms with van der Waals surface area (Å²) in [5.74, 6) is 0.362. The van der Waals surface area contributed by atoms with Gasteiger partial charge in [0.1, 0.15) is 30.0 Å². The Morgan fingerprint density at radius 2 is 1.87 bits per heavy atom. The van der Waals surface area contributed by atoms with Crippen molar-refractivity contribution in [3.63, 3.8) is 0 Å². The Labute approximate surface area is 222 Å². The Kier molecular flexibility index (Phi) is 10.7. The molecule has 0 aromatic heterocycles. The molecule has 2 aromatic carbocycles. The highest BCUT2D eigenvalue weighted by atomic mass is 16.5. The van der Waals surface area contributed by atoms with Crippen LogP contribution in [0.4, 0.5) is 0 Å². The van der Waals surface area contributed by atoms with Gasteiger partial charge in [-0.05, 0) is 50.3 Å². The number of piperidine rings is 1. The minimum atomic E-state index is -0.468. The summed E-state index contributed by atoms with van der Waals surface area (Å²) in [4.78, 5) is 24.2. The number of carbonyl (C=O) groups excluding carboxylic acids is 2. The summed E-state index contributed by atoms with van der Waals surface area (Å²) < 4.78 is 16.8. The van der Waals surface area contributed by atoms with Gasteiger partial charge in [0.2, 0.25) is 0 Å². The third-order valence-electron chi connectivity index (χ3n) is 5.77. The van der Waals surface area contributed by atoms with E-state index < -0.39 is 5.97 Å². The summed E-state index contributed by atoms with van der Waals surface area (Å²) in [5, 5.41) is 16.8. The average Bonchev–Trinajstić information content (AvgIpc) is 2.92. The van der Waals surface area contributed by atoms with Crippen molar-refractivity contribution < 1.29 is 23.8 Å². The predicted molar refractivity (Wildman–Crippen MR) is 147 cm³/mol. The first kappa shape index (κ1) is 28.2. The van der Waals surface area contributed by atoms with Crippen LogP contribution in [-0.4, -0.2) is 67.9 Å². The van der Waals surface area contributed by atoms with Crippen molar-refractivity contribution in [2.75, 3.05) is 32.8 Å². The van der Waals surface area contributed by atoms with Crippen molar-refractivity contribution >= 4 is 30.0 Å². The van der Waals surface area contributed by atoms with E-state index in [-0.39, 0.29) is 37.6 Å². The van der Waals surface area contributed by atoms with E-state index in [1.165, 1.54) is 6.08 Å². The summed E-state index contributed by atoms with van der Waals surface area (Å²) in [6.45, 7) is 6.06. The lowest BCUT2D eigenvalue weighted by atomic mass is 10.1. The summed E-state index contributed by atoms with van der Waals surface area (Å²) >= 11 is 0. The molecule has 1 saturated heterocycles. The monoisotopic (exact) mass is 521 g/mol. The number of nitrogens with one attached hydrogen (secondary N) is 2. The molecule has 0 bridgehead atoms. The van der Waals surface area contributed by atoms with Crippen LogP contribution in [0.25, 0.3) is 6.08 Å². The van der Waals surface area contributed by atoms with Crippen molar-refractivity contribution in [3.05, 3.63) is 65.2 Å². The Bertz CT molecular complexity index is 1150. The fraction of sp³-hybridized carbons (Fsp3) is 0.357. The van der Waals surface area contributed by atoms with Crippen LogP contribution in [0, 0.1) is 5.41 Å². The van der Waals surface area contributed by atoms with Crippen LogP contribution in [0.2, 0.25) is 0 Å². The van der Waals surface area contributed by atoms with Crippen LogP contribution >= 0.6 is 0 Å². The van der Waals surface area contributed by atoms with Gasteiger partial charge in [-0.1, -0.05) is 12.1 Å². The normalized spacial score (nSPS) is 14.0. The van der Waals surface area contributed by atoms with Gasteiger partial charge in [-0.3, -0.25) is 15.2 Å². The van der Waals surface area contributed by atoms with Crippen molar-refractivity contribution in [1.29, 1.82) is 5.41 Å². The highest BCUT2D eigenvalue weighted by molar-refractivity contribution is 5.96. The number of nitrogen functional groups attached to an aromatic ring is 1. The Morgan fingerprint density at radius 3 is 2.53 bits per heavy atom. The molecule has 38 heavy (non-hydrogen) atoms. The molecule has 2 aromatic rings. The molecule has 10 heteroatoms. The second-order valence-corrected chi connectivity index (χ2v) is 8.52. The first-order chi connectivity index (χ1) is 18.4. The third-order valence-corrected chi connectivity index (χ3v) is 5.77. The van der Waals surface area contributed by atoms with Crippen LogP contribution in [-0.2, 0) is 9.53 Å². The molecule has 1 heterocycles. The minimum absolute atomic E-state index is 0.104. The number of hydrogen-bond acceptors (Lipinski definition) is 8. The molecule has 3 rings (SSSR count). The second-order valence-electron chi connectivity index (χ2n) is 8.52. The van der Waals surface area contributed by atoms with Gasteiger partial charge in [-0.25, -0.2) is 4.79 Å². The second kappa shape index (κ2) is 14.4. The smallest absolute Gasteiger partial charge is 0.330 e. The van der Waals surface area contributed by atoms with Crippen molar-refractivity contribution in [2.24, 2.45) is 10.8 Å². The average molecular weight is 522 g/mol. The van der Waals surface area contributed by atoms with Gasteiger partial charge in [0, 0.05) is 54.9 Å². The lowest BCUT2D eigenvalue weighted by molar-refractivity contribution is -0.137. The van der Waals surface area contributed by atoms with Crippen LogP contribution in [0.5, 0.6) is 11.5 Å². The Balaban J connectivity index is 1.49. The maximum atomic E-state index is 12.6. The van der Waals surface area contributed by atoms with E-state index in [1.54, 1.807) is 61.7 Å². The number of nitrogens with zero attached hydrogens (tertiary/aromatic N) is 2. The van der Waals surface area contributed by atoms with Crippen LogP contribution in [0.1, 0.15) is 48.2 Å². The van der Waals surface area contributed by atoms with Crippen LogP contribution in [0.15, 0.2) is 53.6 Å². The van der Waals surface area contributed by atoms with Gasteiger partial charge in [0.25, 0.3) is 5.91 Å². The molecule has 1 amide bonds. The molecule has 1 aliphatic rings. The topological polar surface area (TPSA) is 139 Å². The lowest BCUT2D eigenvalue weighted by Crippen LogP contribution is -2.35. The van der Waals surface area contributed by atoms with E-state index in [4.69, 9.17) is 25.4 Å². The molecule has 4 N–H and O–H groups in total. The first-order valence-corrected chi connectivity index (χ1v) is 12.6. The quantitative estimate of drug-likeness (QED) is 0.128. The highest BCUT2D eigenvalue weighted by Crippen LogP contribution is 2.23. The molecular formula is C28H35N5O5. The number of carbonyl (C=O) groups is 2. The number of ether oxygens (including phenoxy) is 3. The predicted octanol–water partition coefficient (Wildman–Crippen LogP) is 3.20. The molecule has 10 nitrogen and oxygen atoms in total. The summed E-state index contributed by atoms with van der Waals surface area (Å²) in [5.41, 5.74) is 7.22. The van der Waals surface area contributed by atoms with Crippen molar-refractivity contribution in [1.82, 2.24) is 10.3 Å². The number of esters is 1. The third kappa shape index (κ3) is 8.65. The van der Waals surface area contributed by atoms with Crippen molar-refractivity contribution in [2.45, 2.75) is 32.8 Å². The number of amidine groups is 1. The first-order valence-electron chi connectivity index (χ1n) is 12.6. The SMILES string of the molecule is C/C=N/N1CCC(Oc2ccc(C(=O)NCCOc3cc(C(=N)N)ccc3/C=C/C(=O)OCC)cc2)CC1. The zero-order valence-corrected chi connectivity index (χ0v) is 21.8.